The molecular formula is C11H13N3O2. The Morgan fingerprint density at radius 2 is 2.19 bits per heavy atom. The molecule has 2 heterocycles. The molecule has 0 aliphatic rings. The minimum atomic E-state index is 0.348. The van der Waals surface area contributed by atoms with E-state index < -0.39 is 0 Å². The summed E-state index contributed by atoms with van der Waals surface area (Å²) in [6.45, 7) is 4.24. The molecule has 0 bridgehead atoms. The molecule has 0 fully saturated rings. The van der Waals surface area contributed by atoms with Crippen LogP contribution in [0.1, 0.15) is 24.1 Å². The molecule has 0 aliphatic heterocycles. The third-order valence-electron chi connectivity index (χ3n) is 2.08. The topological polar surface area (TPSA) is 61.0 Å². The van der Waals surface area contributed by atoms with Crippen LogP contribution in [0.15, 0.2) is 23.0 Å². The molecule has 0 spiro atoms. The second kappa shape index (κ2) is 4.74. The maximum atomic E-state index is 5.41. The average molecular weight is 219 g/mol. The lowest BCUT2D eigenvalue weighted by Crippen LogP contribution is -1.98. The molecule has 2 aromatic heterocycles. The highest BCUT2D eigenvalue weighted by Gasteiger charge is 2.03. The van der Waals surface area contributed by atoms with Crippen molar-refractivity contribution in [1.82, 2.24) is 15.1 Å². The van der Waals surface area contributed by atoms with E-state index in [1.165, 1.54) is 0 Å². The van der Waals surface area contributed by atoms with Gasteiger partial charge in [0.2, 0.25) is 5.88 Å². The van der Waals surface area contributed by atoms with Gasteiger partial charge in [-0.3, -0.25) is 4.98 Å². The van der Waals surface area contributed by atoms with Gasteiger partial charge in [-0.05, 0) is 6.92 Å². The Morgan fingerprint density at radius 1 is 1.31 bits per heavy atom. The monoisotopic (exact) mass is 219 g/mol. The molecule has 84 valence electrons. The third kappa shape index (κ3) is 2.56. The fourth-order valence-electron chi connectivity index (χ4n) is 1.19. The molecule has 0 saturated heterocycles. The average Bonchev–Trinajstić information content (AvgIpc) is 2.76. The molecule has 0 amide bonds. The van der Waals surface area contributed by atoms with E-state index in [0.717, 1.165) is 23.6 Å². The number of aromatic nitrogens is 3. The molecule has 16 heavy (non-hydrogen) atoms. The van der Waals surface area contributed by atoms with Crippen molar-refractivity contribution >= 4 is 0 Å². The summed E-state index contributed by atoms with van der Waals surface area (Å²) in [5, 5.41) is 3.87. The Balaban J connectivity index is 1.94. The zero-order valence-electron chi connectivity index (χ0n) is 9.30. The standard InChI is InChI=1S/C11H13N3O2/c1-3-10-4-9(14-16-10)7-15-11-6-12-8(2)5-13-11/h4-6H,3,7H2,1-2H3. The predicted octanol–water partition coefficient (Wildman–Crippen LogP) is 1.91. The van der Waals surface area contributed by atoms with E-state index in [9.17, 15) is 0 Å². The van der Waals surface area contributed by atoms with Gasteiger partial charge in [-0.15, -0.1) is 0 Å². The summed E-state index contributed by atoms with van der Waals surface area (Å²) in [6, 6.07) is 1.88. The quantitative estimate of drug-likeness (QED) is 0.786. The zero-order valence-corrected chi connectivity index (χ0v) is 9.30. The predicted molar refractivity (Wildman–Crippen MR) is 57.0 cm³/mol. The van der Waals surface area contributed by atoms with Crippen molar-refractivity contribution in [3.05, 3.63) is 35.6 Å². The van der Waals surface area contributed by atoms with Gasteiger partial charge in [0.05, 0.1) is 18.1 Å². The van der Waals surface area contributed by atoms with Crippen molar-refractivity contribution in [2.24, 2.45) is 0 Å². The summed E-state index contributed by atoms with van der Waals surface area (Å²) in [6.07, 6.45) is 4.09. The van der Waals surface area contributed by atoms with Crippen LogP contribution in [0, 0.1) is 6.92 Å². The van der Waals surface area contributed by atoms with Crippen molar-refractivity contribution in [2.45, 2.75) is 26.9 Å². The van der Waals surface area contributed by atoms with Gasteiger partial charge in [-0.25, -0.2) is 4.98 Å². The highest BCUT2D eigenvalue weighted by atomic mass is 16.5. The Hall–Kier alpha value is -1.91. The van der Waals surface area contributed by atoms with Gasteiger partial charge in [0, 0.05) is 12.5 Å². The van der Waals surface area contributed by atoms with Crippen LogP contribution >= 0.6 is 0 Å². The second-order valence-corrected chi connectivity index (χ2v) is 3.42. The highest BCUT2D eigenvalue weighted by molar-refractivity contribution is 5.08. The van der Waals surface area contributed by atoms with Crippen molar-refractivity contribution in [3.8, 4) is 5.88 Å². The third-order valence-corrected chi connectivity index (χ3v) is 2.08. The normalized spacial score (nSPS) is 10.4. The number of ether oxygens (including phenoxy) is 1. The Labute approximate surface area is 93.5 Å². The van der Waals surface area contributed by atoms with Crippen LogP contribution in [0.4, 0.5) is 0 Å². The van der Waals surface area contributed by atoms with E-state index in [4.69, 9.17) is 9.26 Å². The van der Waals surface area contributed by atoms with Crippen LogP contribution < -0.4 is 4.74 Å². The van der Waals surface area contributed by atoms with Crippen LogP contribution in [-0.4, -0.2) is 15.1 Å². The lowest BCUT2D eigenvalue weighted by molar-refractivity contribution is 0.276. The van der Waals surface area contributed by atoms with Gasteiger partial charge in [0.25, 0.3) is 0 Å². The van der Waals surface area contributed by atoms with Crippen LogP contribution in [-0.2, 0) is 13.0 Å². The molecule has 0 aromatic carbocycles. The first-order valence-electron chi connectivity index (χ1n) is 5.14. The SMILES string of the molecule is CCc1cc(COc2cnc(C)cn2)no1. The van der Waals surface area contributed by atoms with Crippen LogP contribution in [0.2, 0.25) is 0 Å². The highest BCUT2D eigenvalue weighted by Crippen LogP contribution is 2.09. The molecule has 0 radical (unpaired) electrons. The van der Waals surface area contributed by atoms with Crippen molar-refractivity contribution < 1.29 is 9.26 Å². The smallest absolute Gasteiger partial charge is 0.232 e. The van der Waals surface area contributed by atoms with Gasteiger partial charge >= 0.3 is 0 Å². The van der Waals surface area contributed by atoms with Gasteiger partial charge in [0.1, 0.15) is 18.1 Å². The number of nitrogens with zero attached hydrogens (tertiary/aromatic N) is 3. The molecule has 5 heteroatoms. The summed E-state index contributed by atoms with van der Waals surface area (Å²) >= 11 is 0. The number of rotatable bonds is 4. The first-order chi connectivity index (χ1) is 7.78. The molecule has 2 rings (SSSR count). The van der Waals surface area contributed by atoms with Crippen molar-refractivity contribution in [1.29, 1.82) is 0 Å². The second-order valence-electron chi connectivity index (χ2n) is 3.42. The van der Waals surface area contributed by atoms with Gasteiger partial charge in [-0.2, -0.15) is 0 Å². The molecule has 0 aliphatic carbocycles. The van der Waals surface area contributed by atoms with Gasteiger partial charge in [-0.1, -0.05) is 12.1 Å². The van der Waals surface area contributed by atoms with Gasteiger partial charge < -0.3 is 9.26 Å². The van der Waals surface area contributed by atoms with Gasteiger partial charge in [0.15, 0.2) is 0 Å². The van der Waals surface area contributed by atoms with E-state index >= 15 is 0 Å². The Kier molecular flexibility index (Phi) is 3.14. The van der Waals surface area contributed by atoms with Crippen molar-refractivity contribution in [2.75, 3.05) is 0 Å². The molecule has 5 nitrogen and oxygen atoms in total. The first kappa shape index (κ1) is 10.6. The summed E-state index contributed by atoms with van der Waals surface area (Å²) < 4.78 is 10.5. The van der Waals surface area contributed by atoms with E-state index in [2.05, 4.69) is 15.1 Å². The fraction of sp³-hybridized carbons (Fsp3) is 0.364. The molecule has 2 aromatic rings. The summed E-state index contributed by atoms with van der Waals surface area (Å²) in [5.41, 5.74) is 1.63. The lowest BCUT2D eigenvalue weighted by Gasteiger charge is -2.01. The summed E-state index contributed by atoms with van der Waals surface area (Å²) in [7, 11) is 0. The number of hydrogen-bond donors (Lipinski definition) is 0. The minimum Gasteiger partial charge on any atom is -0.470 e. The van der Waals surface area contributed by atoms with Crippen molar-refractivity contribution in [3.63, 3.8) is 0 Å². The largest absolute Gasteiger partial charge is 0.470 e. The molecule has 0 saturated carbocycles. The van der Waals surface area contributed by atoms with Crippen LogP contribution in [0.3, 0.4) is 0 Å². The number of aryl methyl sites for hydroxylation is 2. The maximum absolute atomic E-state index is 5.41. The molecule has 0 atom stereocenters. The lowest BCUT2D eigenvalue weighted by atomic mass is 10.3. The minimum absolute atomic E-state index is 0.348. The van der Waals surface area contributed by atoms with Crippen LogP contribution in [0.25, 0.3) is 0 Å². The maximum Gasteiger partial charge on any atom is 0.232 e. The first-order valence-corrected chi connectivity index (χ1v) is 5.14. The number of hydrogen-bond acceptors (Lipinski definition) is 5. The summed E-state index contributed by atoms with van der Waals surface area (Å²) in [5.74, 6) is 1.35. The van der Waals surface area contributed by atoms with E-state index in [0.29, 0.717) is 12.5 Å². The fourth-order valence-corrected chi connectivity index (χ4v) is 1.19. The zero-order chi connectivity index (χ0) is 11.4. The van der Waals surface area contributed by atoms with E-state index in [1.54, 1.807) is 12.4 Å². The van der Waals surface area contributed by atoms with Crippen LogP contribution in [0.5, 0.6) is 5.88 Å². The Bertz CT molecular complexity index is 451. The summed E-state index contributed by atoms with van der Waals surface area (Å²) in [4.78, 5) is 8.16. The molecule has 0 N–H and O–H groups in total. The van der Waals surface area contributed by atoms with E-state index in [1.807, 2.05) is 19.9 Å². The molecule has 0 unspecified atom stereocenters. The molecular weight excluding hydrogens is 206 g/mol. The van der Waals surface area contributed by atoms with E-state index in [-0.39, 0.29) is 0 Å². The Morgan fingerprint density at radius 3 is 2.81 bits per heavy atom.